The number of piperidine rings is 1. The third-order valence-electron chi connectivity index (χ3n) is 3.60. The number of thiazole rings is 1. The molecule has 0 aromatic carbocycles. The quantitative estimate of drug-likeness (QED) is 0.857. The number of aryl methyl sites for hydroxylation is 2. The largest absolute Gasteiger partial charge is 0.330 e. The minimum Gasteiger partial charge on any atom is -0.330 e. The van der Waals surface area contributed by atoms with Crippen LogP contribution in [0.3, 0.4) is 0 Å². The predicted molar refractivity (Wildman–Crippen MR) is 82.1 cm³/mol. The molecule has 0 spiro atoms. The summed E-state index contributed by atoms with van der Waals surface area (Å²) in [4.78, 5) is 5.38. The smallest absolute Gasteiger partial charge is 0.303 e. The van der Waals surface area contributed by atoms with Gasteiger partial charge < -0.3 is 5.73 Å². The molecule has 1 aromatic heterocycles. The first-order chi connectivity index (χ1) is 9.46. The molecule has 3 N–H and O–H groups in total. The van der Waals surface area contributed by atoms with E-state index in [0.29, 0.717) is 24.8 Å². The number of aromatic nitrogens is 1. The van der Waals surface area contributed by atoms with E-state index in [1.165, 1.54) is 15.6 Å². The fourth-order valence-electron chi connectivity index (χ4n) is 2.41. The molecule has 1 aliphatic rings. The van der Waals surface area contributed by atoms with Crippen LogP contribution in [0, 0.1) is 12.8 Å². The molecular weight excluding hydrogens is 296 g/mol. The molecule has 6 nitrogen and oxygen atoms in total. The summed E-state index contributed by atoms with van der Waals surface area (Å²) >= 11 is 1.38. The average molecular weight is 318 g/mol. The predicted octanol–water partition coefficient (Wildman–Crippen LogP) is 1.34. The van der Waals surface area contributed by atoms with Gasteiger partial charge in [-0.15, -0.1) is 11.3 Å². The average Bonchev–Trinajstić information content (AvgIpc) is 2.78. The van der Waals surface area contributed by atoms with Crippen molar-refractivity contribution in [2.45, 2.75) is 33.1 Å². The Morgan fingerprint density at radius 2 is 2.30 bits per heavy atom. The van der Waals surface area contributed by atoms with Crippen LogP contribution in [0.1, 0.15) is 30.3 Å². The van der Waals surface area contributed by atoms with E-state index in [1.807, 2.05) is 13.8 Å². The third-order valence-corrected chi connectivity index (χ3v) is 6.12. The molecule has 2 heterocycles. The fourth-order valence-corrected chi connectivity index (χ4v) is 4.82. The van der Waals surface area contributed by atoms with Gasteiger partial charge in [0.15, 0.2) is 5.13 Å². The lowest BCUT2D eigenvalue weighted by Crippen LogP contribution is -2.44. The molecular formula is C12H22N4O2S2. The molecule has 1 aliphatic heterocycles. The van der Waals surface area contributed by atoms with E-state index in [9.17, 15) is 8.42 Å². The van der Waals surface area contributed by atoms with E-state index in [2.05, 4.69) is 9.71 Å². The first-order valence-corrected chi connectivity index (χ1v) is 9.16. The number of hydrogen-bond donors (Lipinski definition) is 2. The first-order valence-electron chi connectivity index (χ1n) is 6.90. The summed E-state index contributed by atoms with van der Waals surface area (Å²) in [5, 5.41) is 0.453. The summed E-state index contributed by atoms with van der Waals surface area (Å²) in [6.07, 6.45) is 2.67. The third kappa shape index (κ3) is 3.49. The van der Waals surface area contributed by atoms with Crippen molar-refractivity contribution in [3.63, 3.8) is 0 Å². The summed E-state index contributed by atoms with van der Waals surface area (Å²) in [7, 11) is -3.52. The molecule has 0 saturated carbocycles. The van der Waals surface area contributed by atoms with Crippen LogP contribution < -0.4 is 10.5 Å². The molecule has 1 unspecified atom stereocenters. The number of nitrogens with zero attached hydrogens (tertiary/aromatic N) is 2. The molecule has 1 atom stereocenters. The van der Waals surface area contributed by atoms with Crippen molar-refractivity contribution in [1.82, 2.24) is 9.29 Å². The SMILES string of the molecule is CCc1nc(NS(=O)(=O)N2CCCC(CN)C2)sc1C. The molecule has 114 valence electrons. The zero-order chi connectivity index (χ0) is 14.8. The Hall–Kier alpha value is -0.700. The minimum absolute atomic E-state index is 0.254. The zero-order valence-corrected chi connectivity index (χ0v) is 13.6. The van der Waals surface area contributed by atoms with Crippen molar-refractivity contribution in [3.8, 4) is 0 Å². The standard InChI is InChI=1S/C12H22N4O2S2/c1-3-11-9(2)19-12(14-11)15-20(17,18)16-6-4-5-10(7-13)8-16/h10H,3-8,13H2,1-2H3,(H,14,15). The van der Waals surface area contributed by atoms with Crippen molar-refractivity contribution in [2.75, 3.05) is 24.4 Å². The van der Waals surface area contributed by atoms with E-state index in [-0.39, 0.29) is 5.92 Å². The Labute approximate surface area is 124 Å². The number of anilines is 1. The van der Waals surface area contributed by atoms with Crippen LogP contribution in [0.25, 0.3) is 0 Å². The lowest BCUT2D eigenvalue weighted by atomic mass is 10.0. The molecule has 1 fully saturated rings. The van der Waals surface area contributed by atoms with E-state index < -0.39 is 10.2 Å². The van der Waals surface area contributed by atoms with Gasteiger partial charge >= 0.3 is 10.2 Å². The Bertz CT molecular complexity index is 556. The van der Waals surface area contributed by atoms with Crippen LogP contribution in [-0.4, -0.2) is 37.3 Å². The zero-order valence-electron chi connectivity index (χ0n) is 11.9. The normalized spacial score (nSPS) is 21.1. The van der Waals surface area contributed by atoms with Gasteiger partial charge in [0.2, 0.25) is 0 Å². The molecule has 0 radical (unpaired) electrons. The first kappa shape index (κ1) is 15.7. The molecule has 0 amide bonds. The molecule has 0 bridgehead atoms. The van der Waals surface area contributed by atoms with Gasteiger partial charge in [-0.2, -0.15) is 12.7 Å². The second kappa shape index (κ2) is 6.38. The minimum atomic E-state index is -3.52. The molecule has 0 aliphatic carbocycles. The van der Waals surface area contributed by atoms with E-state index in [0.717, 1.165) is 29.8 Å². The molecule has 1 aromatic rings. The van der Waals surface area contributed by atoms with Crippen LogP contribution in [0.2, 0.25) is 0 Å². The van der Waals surface area contributed by atoms with Crippen molar-refractivity contribution in [3.05, 3.63) is 10.6 Å². The Morgan fingerprint density at radius 3 is 2.90 bits per heavy atom. The van der Waals surface area contributed by atoms with E-state index in [1.54, 1.807) is 0 Å². The highest BCUT2D eigenvalue weighted by Crippen LogP contribution is 2.25. The van der Waals surface area contributed by atoms with Crippen LogP contribution in [0.5, 0.6) is 0 Å². The summed E-state index contributed by atoms with van der Waals surface area (Å²) in [6, 6.07) is 0. The molecule has 2 rings (SSSR count). The molecule has 20 heavy (non-hydrogen) atoms. The lowest BCUT2D eigenvalue weighted by Gasteiger charge is -2.30. The van der Waals surface area contributed by atoms with Gasteiger partial charge in [-0.05, 0) is 38.6 Å². The second-order valence-corrected chi connectivity index (χ2v) is 7.96. The maximum atomic E-state index is 12.4. The summed E-state index contributed by atoms with van der Waals surface area (Å²) in [5.41, 5.74) is 6.60. The van der Waals surface area contributed by atoms with Gasteiger partial charge in [0.1, 0.15) is 0 Å². The highest BCUT2D eigenvalue weighted by molar-refractivity contribution is 7.90. The van der Waals surface area contributed by atoms with Crippen molar-refractivity contribution in [2.24, 2.45) is 11.7 Å². The number of hydrogen-bond acceptors (Lipinski definition) is 5. The second-order valence-electron chi connectivity index (χ2n) is 5.08. The Balaban J connectivity index is 2.09. The lowest BCUT2D eigenvalue weighted by molar-refractivity contribution is 0.273. The van der Waals surface area contributed by atoms with Crippen molar-refractivity contribution < 1.29 is 8.42 Å². The fraction of sp³-hybridized carbons (Fsp3) is 0.750. The van der Waals surface area contributed by atoms with Crippen molar-refractivity contribution in [1.29, 1.82) is 0 Å². The van der Waals surface area contributed by atoms with Crippen LogP contribution in [0.4, 0.5) is 5.13 Å². The number of nitrogens with one attached hydrogen (secondary N) is 1. The van der Waals surface area contributed by atoms with Crippen LogP contribution in [-0.2, 0) is 16.6 Å². The summed E-state index contributed by atoms with van der Waals surface area (Å²) < 4.78 is 28.8. The van der Waals surface area contributed by atoms with Gasteiger partial charge in [-0.1, -0.05) is 6.92 Å². The number of rotatable bonds is 5. The summed E-state index contributed by atoms with van der Waals surface area (Å²) in [5.74, 6) is 0.254. The highest BCUT2D eigenvalue weighted by Gasteiger charge is 2.29. The van der Waals surface area contributed by atoms with Gasteiger partial charge in [-0.25, -0.2) is 9.71 Å². The topological polar surface area (TPSA) is 88.3 Å². The highest BCUT2D eigenvalue weighted by atomic mass is 32.2. The van der Waals surface area contributed by atoms with Crippen molar-refractivity contribution >= 4 is 26.7 Å². The Morgan fingerprint density at radius 1 is 1.55 bits per heavy atom. The van der Waals surface area contributed by atoms with Crippen LogP contribution in [0.15, 0.2) is 0 Å². The van der Waals surface area contributed by atoms with E-state index in [4.69, 9.17) is 5.73 Å². The maximum absolute atomic E-state index is 12.4. The van der Waals surface area contributed by atoms with Gasteiger partial charge in [0, 0.05) is 18.0 Å². The van der Waals surface area contributed by atoms with Crippen LogP contribution >= 0.6 is 11.3 Å². The summed E-state index contributed by atoms with van der Waals surface area (Å²) in [6.45, 7) is 5.55. The van der Waals surface area contributed by atoms with Gasteiger partial charge in [0.25, 0.3) is 0 Å². The maximum Gasteiger partial charge on any atom is 0.303 e. The number of nitrogens with two attached hydrogens (primary N) is 1. The molecule has 1 saturated heterocycles. The monoisotopic (exact) mass is 318 g/mol. The molecule has 8 heteroatoms. The van der Waals surface area contributed by atoms with E-state index >= 15 is 0 Å². The van der Waals surface area contributed by atoms with Gasteiger partial charge in [-0.3, -0.25) is 0 Å². The Kier molecular flexibility index (Phi) is 5.00. The van der Waals surface area contributed by atoms with Gasteiger partial charge in [0.05, 0.1) is 5.69 Å².